The molecule has 0 unspecified atom stereocenters. The van der Waals surface area contributed by atoms with Crippen molar-refractivity contribution in [1.29, 1.82) is 0 Å². The molecule has 0 bridgehead atoms. The topological polar surface area (TPSA) is 22.2 Å². The van der Waals surface area contributed by atoms with E-state index in [1.807, 2.05) is 0 Å². The summed E-state index contributed by atoms with van der Waals surface area (Å²) in [5.74, 6) is 0. The standard InChI is InChI=1S/C26H36N4O/c1-27-12-14-30(15-13-27)26-5-3-2-4-23(26)9-11-28-10-8-22-6-7-25(20-24(22)21-28)29-16-18-31-19-17-29/h2-7,20H,8-19,21H2,1H3. The van der Waals surface area contributed by atoms with Crippen LogP contribution in [-0.2, 0) is 24.1 Å². The van der Waals surface area contributed by atoms with Crippen molar-refractivity contribution in [3.63, 3.8) is 0 Å². The average Bonchev–Trinajstić information content (AvgIpc) is 2.83. The Labute approximate surface area is 187 Å². The van der Waals surface area contributed by atoms with E-state index in [-0.39, 0.29) is 0 Å². The van der Waals surface area contributed by atoms with Crippen LogP contribution in [0.5, 0.6) is 0 Å². The zero-order chi connectivity index (χ0) is 21.0. The van der Waals surface area contributed by atoms with E-state index in [0.29, 0.717) is 0 Å². The molecule has 3 aliphatic rings. The molecule has 0 N–H and O–H groups in total. The molecule has 0 amide bonds. The molecule has 0 spiro atoms. The van der Waals surface area contributed by atoms with Crippen LogP contribution in [0.3, 0.4) is 0 Å². The first kappa shape index (κ1) is 20.8. The van der Waals surface area contributed by atoms with Gasteiger partial charge >= 0.3 is 0 Å². The highest BCUT2D eigenvalue weighted by Gasteiger charge is 2.20. The summed E-state index contributed by atoms with van der Waals surface area (Å²) in [6, 6.07) is 16.2. The third kappa shape index (κ3) is 4.89. The highest BCUT2D eigenvalue weighted by molar-refractivity contribution is 5.54. The van der Waals surface area contributed by atoms with Gasteiger partial charge < -0.3 is 19.4 Å². The number of hydrogen-bond acceptors (Lipinski definition) is 5. The van der Waals surface area contributed by atoms with Gasteiger partial charge in [0.2, 0.25) is 0 Å². The molecule has 0 aliphatic carbocycles. The highest BCUT2D eigenvalue weighted by Crippen LogP contribution is 2.27. The van der Waals surface area contributed by atoms with Gasteiger partial charge in [-0.1, -0.05) is 24.3 Å². The maximum absolute atomic E-state index is 5.53. The third-order valence-corrected chi connectivity index (χ3v) is 7.19. The number of morpholine rings is 1. The lowest BCUT2D eigenvalue weighted by Crippen LogP contribution is -2.44. The van der Waals surface area contributed by atoms with Gasteiger partial charge in [0.15, 0.2) is 0 Å². The summed E-state index contributed by atoms with van der Waals surface area (Å²) in [6.45, 7) is 11.6. The van der Waals surface area contributed by atoms with Crippen molar-refractivity contribution in [3.05, 3.63) is 59.2 Å². The number of likely N-dealkylation sites (N-methyl/N-ethyl adjacent to an activating group) is 1. The highest BCUT2D eigenvalue weighted by atomic mass is 16.5. The summed E-state index contributed by atoms with van der Waals surface area (Å²) in [6.07, 6.45) is 2.29. The van der Waals surface area contributed by atoms with Gasteiger partial charge in [-0.25, -0.2) is 0 Å². The molecule has 0 atom stereocenters. The first-order valence-corrected chi connectivity index (χ1v) is 11.9. The average molecular weight is 421 g/mol. The van der Waals surface area contributed by atoms with Crippen LogP contribution in [0.2, 0.25) is 0 Å². The fourth-order valence-corrected chi connectivity index (χ4v) is 5.17. The predicted octanol–water partition coefficient (Wildman–Crippen LogP) is 2.88. The molecular weight excluding hydrogens is 384 g/mol. The quantitative estimate of drug-likeness (QED) is 0.740. The molecule has 0 aromatic heterocycles. The van der Waals surface area contributed by atoms with E-state index in [9.17, 15) is 0 Å². The first-order valence-electron chi connectivity index (χ1n) is 11.9. The Morgan fingerprint density at radius 2 is 1.61 bits per heavy atom. The van der Waals surface area contributed by atoms with Gasteiger partial charge in [0.25, 0.3) is 0 Å². The molecule has 2 aromatic carbocycles. The van der Waals surface area contributed by atoms with Crippen molar-refractivity contribution < 1.29 is 4.74 Å². The van der Waals surface area contributed by atoms with Crippen LogP contribution in [0.1, 0.15) is 16.7 Å². The predicted molar refractivity (Wildman–Crippen MR) is 128 cm³/mol. The summed E-state index contributed by atoms with van der Waals surface area (Å²) in [4.78, 5) is 10.1. The van der Waals surface area contributed by atoms with Crippen molar-refractivity contribution in [2.24, 2.45) is 0 Å². The van der Waals surface area contributed by atoms with Gasteiger partial charge in [-0.05, 0) is 54.8 Å². The molecule has 2 aromatic rings. The maximum atomic E-state index is 5.53. The normalized spacial score (nSPS) is 20.7. The fourth-order valence-electron chi connectivity index (χ4n) is 5.17. The number of rotatable bonds is 5. The summed E-state index contributed by atoms with van der Waals surface area (Å²) in [5.41, 5.74) is 7.36. The van der Waals surface area contributed by atoms with Crippen molar-refractivity contribution in [2.45, 2.75) is 19.4 Å². The Hall–Kier alpha value is -2.08. The minimum absolute atomic E-state index is 0.843. The zero-order valence-electron chi connectivity index (χ0n) is 18.9. The first-order chi connectivity index (χ1) is 15.3. The number of hydrogen-bond donors (Lipinski definition) is 0. The van der Waals surface area contributed by atoms with E-state index in [1.165, 1.54) is 41.0 Å². The van der Waals surface area contributed by atoms with Crippen molar-refractivity contribution in [1.82, 2.24) is 9.80 Å². The third-order valence-electron chi connectivity index (χ3n) is 7.19. The van der Waals surface area contributed by atoms with Crippen molar-refractivity contribution in [3.8, 4) is 0 Å². The second-order valence-corrected chi connectivity index (χ2v) is 9.25. The van der Waals surface area contributed by atoms with Crippen molar-refractivity contribution >= 4 is 11.4 Å². The number of ether oxygens (including phenoxy) is 1. The number of para-hydroxylation sites is 1. The Balaban J connectivity index is 1.23. The lowest BCUT2D eigenvalue weighted by molar-refractivity contribution is 0.122. The van der Waals surface area contributed by atoms with Gasteiger partial charge in [0.05, 0.1) is 13.2 Å². The number of fused-ring (bicyclic) bond motifs is 1. The monoisotopic (exact) mass is 420 g/mol. The molecule has 0 radical (unpaired) electrons. The second kappa shape index (κ2) is 9.60. The summed E-state index contributed by atoms with van der Waals surface area (Å²) in [7, 11) is 2.22. The molecule has 5 heteroatoms. The number of benzene rings is 2. The van der Waals surface area contributed by atoms with E-state index in [2.05, 4.69) is 69.1 Å². The van der Waals surface area contributed by atoms with Crippen LogP contribution < -0.4 is 9.80 Å². The SMILES string of the molecule is CN1CCN(c2ccccc2CCN2CCc3ccc(N4CCOCC4)cc3C2)CC1. The van der Waals surface area contributed by atoms with E-state index >= 15 is 0 Å². The Morgan fingerprint density at radius 3 is 2.45 bits per heavy atom. The molecule has 2 fully saturated rings. The minimum atomic E-state index is 0.843. The largest absolute Gasteiger partial charge is 0.378 e. The van der Waals surface area contributed by atoms with Crippen LogP contribution in [0.25, 0.3) is 0 Å². The van der Waals surface area contributed by atoms with Gasteiger partial charge in [0, 0.05) is 70.3 Å². The van der Waals surface area contributed by atoms with Crippen LogP contribution >= 0.6 is 0 Å². The molecule has 3 heterocycles. The summed E-state index contributed by atoms with van der Waals surface area (Å²) < 4.78 is 5.53. The summed E-state index contributed by atoms with van der Waals surface area (Å²) in [5, 5.41) is 0. The smallest absolute Gasteiger partial charge is 0.0642 e. The van der Waals surface area contributed by atoms with Crippen LogP contribution in [0.15, 0.2) is 42.5 Å². The van der Waals surface area contributed by atoms with E-state index < -0.39 is 0 Å². The fraction of sp³-hybridized carbons (Fsp3) is 0.538. The lowest BCUT2D eigenvalue weighted by Gasteiger charge is -2.35. The number of piperazine rings is 1. The van der Waals surface area contributed by atoms with Crippen molar-refractivity contribution in [2.75, 3.05) is 82.4 Å². The van der Waals surface area contributed by atoms with E-state index in [0.717, 1.165) is 72.0 Å². The molecule has 5 rings (SSSR count). The van der Waals surface area contributed by atoms with E-state index in [4.69, 9.17) is 4.74 Å². The molecule has 2 saturated heterocycles. The Kier molecular flexibility index (Phi) is 6.44. The lowest BCUT2D eigenvalue weighted by atomic mass is 9.98. The van der Waals surface area contributed by atoms with Crippen LogP contribution in [0, 0.1) is 0 Å². The molecule has 166 valence electrons. The minimum Gasteiger partial charge on any atom is -0.378 e. The number of nitrogens with zero attached hydrogens (tertiary/aromatic N) is 4. The van der Waals surface area contributed by atoms with Gasteiger partial charge in [-0.2, -0.15) is 0 Å². The molecular formula is C26H36N4O. The Morgan fingerprint density at radius 1 is 0.806 bits per heavy atom. The Bertz CT molecular complexity index is 871. The number of anilines is 2. The van der Waals surface area contributed by atoms with Gasteiger partial charge in [-0.3, -0.25) is 4.90 Å². The molecule has 3 aliphatic heterocycles. The zero-order valence-corrected chi connectivity index (χ0v) is 18.9. The van der Waals surface area contributed by atoms with Gasteiger partial charge in [0.1, 0.15) is 0 Å². The second-order valence-electron chi connectivity index (χ2n) is 9.25. The van der Waals surface area contributed by atoms with Gasteiger partial charge in [-0.15, -0.1) is 0 Å². The summed E-state index contributed by atoms with van der Waals surface area (Å²) >= 11 is 0. The molecule has 0 saturated carbocycles. The maximum Gasteiger partial charge on any atom is 0.0642 e. The van der Waals surface area contributed by atoms with E-state index in [1.54, 1.807) is 0 Å². The molecule has 31 heavy (non-hydrogen) atoms. The molecule has 5 nitrogen and oxygen atoms in total. The van der Waals surface area contributed by atoms with Crippen LogP contribution in [-0.4, -0.2) is 82.4 Å². The van der Waals surface area contributed by atoms with Crippen LogP contribution in [0.4, 0.5) is 11.4 Å².